The van der Waals surface area contributed by atoms with E-state index in [1.165, 1.54) is 19.3 Å². The number of carbonyl (C=O) groups excluding carboxylic acids is 1. The number of carbonyl (C=O) groups is 1. The minimum Gasteiger partial charge on any atom is -0.422 e. The van der Waals surface area contributed by atoms with E-state index in [4.69, 9.17) is 28.6 Å². The Kier molecular flexibility index (Phi) is 7.35. The molecule has 32 heavy (non-hydrogen) atoms. The van der Waals surface area contributed by atoms with Crippen molar-refractivity contribution in [3.63, 3.8) is 0 Å². The first kappa shape index (κ1) is 22.2. The maximum Gasteiger partial charge on any atom is 0.343 e. The van der Waals surface area contributed by atoms with E-state index >= 15 is 0 Å². The predicted octanol–water partition coefficient (Wildman–Crippen LogP) is 5.84. The van der Waals surface area contributed by atoms with Crippen LogP contribution in [0.25, 0.3) is 10.8 Å². The fourth-order valence-electron chi connectivity index (χ4n) is 3.86. The van der Waals surface area contributed by atoms with Crippen molar-refractivity contribution >= 4 is 51.9 Å². The van der Waals surface area contributed by atoms with Crippen LogP contribution in [-0.2, 0) is 0 Å². The molecule has 0 heterocycles. The van der Waals surface area contributed by atoms with Crippen molar-refractivity contribution in [1.82, 2.24) is 10.7 Å². The molecule has 0 bridgehead atoms. The molecule has 0 aromatic heterocycles. The number of benzene rings is 3. The van der Waals surface area contributed by atoms with Crippen LogP contribution in [-0.4, -0.2) is 23.3 Å². The van der Waals surface area contributed by atoms with Gasteiger partial charge in [0.1, 0.15) is 5.75 Å². The van der Waals surface area contributed by atoms with Gasteiger partial charge in [0.05, 0.1) is 11.8 Å². The highest BCUT2D eigenvalue weighted by atomic mass is 35.5. The fraction of sp³-hybridized carbons (Fsp3) is 0.240. The van der Waals surface area contributed by atoms with Crippen LogP contribution in [0.3, 0.4) is 0 Å². The molecule has 1 aliphatic rings. The van der Waals surface area contributed by atoms with Crippen LogP contribution in [0.5, 0.6) is 5.75 Å². The first-order valence-electron chi connectivity index (χ1n) is 10.7. The van der Waals surface area contributed by atoms with Gasteiger partial charge in [-0.2, -0.15) is 5.10 Å². The third kappa shape index (κ3) is 5.64. The van der Waals surface area contributed by atoms with E-state index in [0.29, 0.717) is 33.1 Å². The molecule has 1 saturated carbocycles. The molecule has 0 aliphatic heterocycles. The van der Waals surface area contributed by atoms with E-state index < -0.39 is 5.97 Å². The largest absolute Gasteiger partial charge is 0.422 e. The summed E-state index contributed by atoms with van der Waals surface area (Å²) in [6, 6.07) is 18.5. The van der Waals surface area contributed by atoms with Crippen LogP contribution in [0.4, 0.5) is 0 Å². The number of hydrazone groups is 1. The summed E-state index contributed by atoms with van der Waals surface area (Å²) in [6.07, 6.45) is 7.62. The molecule has 0 spiro atoms. The normalized spacial score (nSPS) is 14.4. The summed E-state index contributed by atoms with van der Waals surface area (Å²) in [5.41, 5.74) is 4.01. The number of thiocarbonyl (C=S) groups is 1. The van der Waals surface area contributed by atoms with Gasteiger partial charge < -0.3 is 10.1 Å². The molecule has 0 saturated heterocycles. The Morgan fingerprint density at radius 3 is 2.56 bits per heavy atom. The Morgan fingerprint density at radius 2 is 1.78 bits per heavy atom. The van der Waals surface area contributed by atoms with E-state index in [9.17, 15) is 4.79 Å². The van der Waals surface area contributed by atoms with Crippen molar-refractivity contribution < 1.29 is 9.53 Å². The van der Waals surface area contributed by atoms with E-state index in [2.05, 4.69) is 15.8 Å². The zero-order valence-electron chi connectivity index (χ0n) is 17.5. The topological polar surface area (TPSA) is 62.7 Å². The molecular weight excluding hydrogens is 442 g/mol. The van der Waals surface area contributed by atoms with Gasteiger partial charge in [0.15, 0.2) is 5.11 Å². The van der Waals surface area contributed by atoms with Crippen molar-refractivity contribution in [3.8, 4) is 5.75 Å². The second-order valence-electron chi connectivity index (χ2n) is 7.77. The number of ether oxygens (including phenoxy) is 1. The predicted molar refractivity (Wildman–Crippen MR) is 134 cm³/mol. The lowest BCUT2D eigenvalue weighted by molar-refractivity contribution is 0.0735. The lowest BCUT2D eigenvalue weighted by Gasteiger charge is -2.23. The van der Waals surface area contributed by atoms with Gasteiger partial charge in [-0.1, -0.05) is 61.2 Å². The Labute approximate surface area is 197 Å². The number of fused-ring (bicyclic) bond motifs is 1. The van der Waals surface area contributed by atoms with Crippen LogP contribution in [0.1, 0.15) is 48.0 Å². The Balaban J connectivity index is 1.53. The van der Waals surface area contributed by atoms with Crippen molar-refractivity contribution in [2.24, 2.45) is 5.10 Å². The van der Waals surface area contributed by atoms with Gasteiger partial charge in [-0.3, -0.25) is 5.43 Å². The number of esters is 1. The van der Waals surface area contributed by atoms with E-state index in [0.717, 1.165) is 23.6 Å². The summed E-state index contributed by atoms with van der Waals surface area (Å²) < 4.78 is 5.71. The highest BCUT2D eigenvalue weighted by Crippen LogP contribution is 2.27. The Morgan fingerprint density at radius 1 is 1.03 bits per heavy atom. The standard InChI is InChI=1S/C25H24ClN3O2S/c26-19-13-10-18(11-14-19)24(30)31-23-15-12-17-6-4-5-9-21(17)22(23)16-27-29-25(32)28-20-7-2-1-3-8-20/h4-6,9-16,20H,1-3,7-8H2,(H2,28,29,32). The van der Waals surface area contributed by atoms with E-state index in [-0.39, 0.29) is 0 Å². The lowest BCUT2D eigenvalue weighted by Crippen LogP contribution is -2.40. The third-order valence-corrected chi connectivity index (χ3v) is 5.97. The fourth-order valence-corrected chi connectivity index (χ4v) is 4.21. The summed E-state index contributed by atoms with van der Waals surface area (Å²) >= 11 is 11.3. The lowest BCUT2D eigenvalue weighted by atomic mass is 9.96. The van der Waals surface area contributed by atoms with Gasteiger partial charge in [-0.15, -0.1) is 0 Å². The first-order chi connectivity index (χ1) is 15.6. The maximum atomic E-state index is 12.7. The van der Waals surface area contributed by atoms with E-state index in [1.807, 2.05) is 30.3 Å². The van der Waals surface area contributed by atoms with Crippen molar-refractivity contribution in [3.05, 3.63) is 76.8 Å². The summed E-state index contributed by atoms with van der Waals surface area (Å²) in [7, 11) is 0. The second-order valence-corrected chi connectivity index (χ2v) is 8.62. The van der Waals surface area contributed by atoms with Gasteiger partial charge in [0.25, 0.3) is 0 Å². The van der Waals surface area contributed by atoms with Crippen LogP contribution >= 0.6 is 23.8 Å². The molecule has 3 aromatic carbocycles. The molecule has 0 radical (unpaired) electrons. The van der Waals surface area contributed by atoms with Gasteiger partial charge >= 0.3 is 5.97 Å². The molecule has 7 heteroatoms. The monoisotopic (exact) mass is 465 g/mol. The highest BCUT2D eigenvalue weighted by molar-refractivity contribution is 7.80. The third-order valence-electron chi connectivity index (χ3n) is 5.51. The smallest absolute Gasteiger partial charge is 0.343 e. The van der Waals surface area contributed by atoms with E-state index in [1.54, 1.807) is 36.5 Å². The van der Waals surface area contributed by atoms with Crippen molar-refractivity contribution in [2.45, 2.75) is 38.1 Å². The van der Waals surface area contributed by atoms with Crippen molar-refractivity contribution in [1.29, 1.82) is 0 Å². The van der Waals surface area contributed by atoms with Gasteiger partial charge in [0, 0.05) is 16.6 Å². The van der Waals surface area contributed by atoms with Crippen LogP contribution in [0.2, 0.25) is 5.02 Å². The van der Waals surface area contributed by atoms with Gasteiger partial charge in [0.2, 0.25) is 0 Å². The molecule has 5 nitrogen and oxygen atoms in total. The number of nitrogens with zero attached hydrogens (tertiary/aromatic N) is 1. The summed E-state index contributed by atoms with van der Waals surface area (Å²) in [4.78, 5) is 12.7. The summed E-state index contributed by atoms with van der Waals surface area (Å²) in [5.74, 6) is -0.0469. The highest BCUT2D eigenvalue weighted by Gasteiger charge is 2.15. The molecule has 164 valence electrons. The number of hydrogen-bond acceptors (Lipinski definition) is 4. The average molecular weight is 466 g/mol. The van der Waals surface area contributed by atoms with Crippen LogP contribution < -0.4 is 15.5 Å². The second kappa shape index (κ2) is 10.6. The molecular formula is C25H24ClN3O2S. The molecule has 3 aromatic rings. The SMILES string of the molecule is O=C(Oc1ccc2ccccc2c1C=NNC(=S)NC1CCCCC1)c1ccc(Cl)cc1. The Hall–Kier alpha value is -2.96. The minimum atomic E-state index is -0.464. The minimum absolute atomic E-state index is 0.396. The number of rotatable bonds is 5. The molecule has 2 N–H and O–H groups in total. The molecule has 1 fully saturated rings. The molecule has 1 aliphatic carbocycles. The maximum absolute atomic E-state index is 12.7. The van der Waals surface area contributed by atoms with Gasteiger partial charge in [-0.05, 0) is 66.2 Å². The molecule has 0 amide bonds. The van der Waals surface area contributed by atoms with Gasteiger partial charge in [-0.25, -0.2) is 4.79 Å². The summed E-state index contributed by atoms with van der Waals surface area (Å²) in [6.45, 7) is 0. The van der Waals surface area contributed by atoms with Crippen LogP contribution in [0.15, 0.2) is 65.8 Å². The molecule has 4 rings (SSSR count). The van der Waals surface area contributed by atoms with Crippen molar-refractivity contribution in [2.75, 3.05) is 0 Å². The number of hydrogen-bond donors (Lipinski definition) is 2. The molecule has 0 atom stereocenters. The molecule has 0 unspecified atom stereocenters. The first-order valence-corrected chi connectivity index (χ1v) is 11.5. The quantitative estimate of drug-likeness (QED) is 0.163. The Bertz CT molecular complexity index is 1140. The zero-order chi connectivity index (χ0) is 22.3. The number of nitrogens with one attached hydrogen (secondary N) is 2. The number of halogens is 1. The zero-order valence-corrected chi connectivity index (χ0v) is 19.1. The summed E-state index contributed by atoms with van der Waals surface area (Å²) in [5, 5.41) is 10.6. The average Bonchev–Trinajstić information content (AvgIpc) is 2.81. The van der Waals surface area contributed by atoms with Crippen LogP contribution in [0, 0.1) is 0 Å².